The van der Waals surface area contributed by atoms with E-state index < -0.39 is 0 Å². The van der Waals surface area contributed by atoms with E-state index in [0.717, 1.165) is 38.3 Å². The van der Waals surface area contributed by atoms with Crippen molar-refractivity contribution < 1.29 is 13.9 Å². The van der Waals surface area contributed by atoms with Crippen LogP contribution in [-0.2, 0) is 13.1 Å². The first-order chi connectivity index (χ1) is 16.2. The van der Waals surface area contributed by atoms with Crippen LogP contribution in [0.3, 0.4) is 0 Å². The van der Waals surface area contributed by atoms with Gasteiger partial charge in [0.1, 0.15) is 11.5 Å². The van der Waals surface area contributed by atoms with Crippen LogP contribution in [0.1, 0.15) is 12.0 Å². The summed E-state index contributed by atoms with van der Waals surface area (Å²) in [7, 11) is 3.22. The summed E-state index contributed by atoms with van der Waals surface area (Å²) in [5.74, 6) is 1.37. The van der Waals surface area contributed by atoms with Crippen molar-refractivity contribution in [2.75, 3.05) is 20.9 Å². The minimum atomic E-state index is -0.356. The van der Waals surface area contributed by atoms with Crippen molar-refractivity contribution in [3.05, 3.63) is 82.6 Å². The second kappa shape index (κ2) is 8.62. The number of hydrogen-bond donors (Lipinski definition) is 0. The lowest BCUT2D eigenvalue weighted by atomic mass is 10.1. The molecule has 0 amide bonds. The number of pyridine rings is 1. The van der Waals surface area contributed by atoms with E-state index in [2.05, 4.69) is 16.7 Å². The maximum Gasteiger partial charge on any atom is 0.251 e. The molecule has 0 atom stereocenters. The highest BCUT2D eigenvalue weighted by atomic mass is 19.1. The van der Waals surface area contributed by atoms with E-state index in [9.17, 15) is 9.18 Å². The van der Waals surface area contributed by atoms with E-state index in [1.807, 2.05) is 48.5 Å². The summed E-state index contributed by atoms with van der Waals surface area (Å²) in [6, 6.07) is 21.3. The molecule has 0 aliphatic carbocycles. The Kier molecular flexibility index (Phi) is 5.50. The number of aryl methyl sites for hydroxylation is 1. The number of benzene rings is 3. The third-order valence-electron chi connectivity index (χ3n) is 6.24. The number of methoxy groups -OCH3 is 2. The van der Waals surface area contributed by atoms with Crippen molar-refractivity contribution in [3.63, 3.8) is 0 Å². The summed E-state index contributed by atoms with van der Waals surface area (Å²) >= 11 is 0. The van der Waals surface area contributed by atoms with Crippen LogP contribution in [0.25, 0.3) is 32.7 Å². The molecule has 5 nitrogen and oxygen atoms in total. The van der Waals surface area contributed by atoms with Gasteiger partial charge in [0.25, 0.3) is 5.56 Å². The first-order valence-electron chi connectivity index (χ1n) is 11.0. The number of rotatable bonds is 7. The number of ether oxygens (including phenoxy) is 2. The second-order valence-electron chi connectivity index (χ2n) is 8.04. The van der Waals surface area contributed by atoms with Crippen molar-refractivity contribution in [2.45, 2.75) is 19.5 Å². The number of hydrogen-bond acceptors (Lipinski definition) is 3. The van der Waals surface area contributed by atoms with Crippen LogP contribution in [0.5, 0.6) is 11.5 Å². The van der Waals surface area contributed by atoms with Gasteiger partial charge in [0.05, 0.1) is 33.0 Å². The zero-order chi connectivity index (χ0) is 22.9. The zero-order valence-corrected chi connectivity index (χ0v) is 18.7. The van der Waals surface area contributed by atoms with E-state index in [1.54, 1.807) is 24.9 Å². The van der Waals surface area contributed by atoms with Gasteiger partial charge in [-0.3, -0.25) is 9.18 Å². The number of nitrogens with zero attached hydrogens (tertiary/aromatic N) is 2. The third kappa shape index (κ3) is 3.52. The molecular weight excluding hydrogens is 419 g/mol. The number of halogens is 1. The number of alkyl halides is 1. The van der Waals surface area contributed by atoms with Crippen LogP contribution < -0.4 is 15.0 Å². The SMILES string of the molecule is COc1ccc(Cn2c(=O)ccc3c4c5ccccc5n(CCCF)c4ccc32)c(OC)c1. The Bertz CT molecular complexity index is 1530. The summed E-state index contributed by atoms with van der Waals surface area (Å²) in [4.78, 5) is 13.0. The van der Waals surface area contributed by atoms with Gasteiger partial charge in [0.2, 0.25) is 0 Å². The van der Waals surface area contributed by atoms with E-state index in [1.165, 1.54) is 0 Å². The highest BCUT2D eigenvalue weighted by Gasteiger charge is 2.16. The number of aromatic nitrogens is 2. The summed E-state index contributed by atoms with van der Waals surface area (Å²) in [6.07, 6.45) is 0.461. The predicted octanol–water partition coefficient (Wildman–Crippen LogP) is 5.53. The van der Waals surface area contributed by atoms with Gasteiger partial charge in [-0.25, -0.2) is 0 Å². The Morgan fingerprint density at radius 1 is 0.818 bits per heavy atom. The summed E-state index contributed by atoms with van der Waals surface area (Å²) < 4.78 is 27.8. The van der Waals surface area contributed by atoms with Gasteiger partial charge in [-0.2, -0.15) is 0 Å². The van der Waals surface area contributed by atoms with Gasteiger partial charge >= 0.3 is 0 Å². The lowest BCUT2D eigenvalue weighted by Gasteiger charge is -2.15. The van der Waals surface area contributed by atoms with Crippen LogP contribution in [0.4, 0.5) is 4.39 Å². The van der Waals surface area contributed by atoms with Crippen molar-refractivity contribution in [3.8, 4) is 11.5 Å². The molecule has 168 valence electrons. The highest BCUT2D eigenvalue weighted by molar-refractivity contribution is 6.20. The quantitative estimate of drug-likeness (QED) is 0.331. The molecule has 33 heavy (non-hydrogen) atoms. The number of para-hydroxylation sites is 1. The maximum absolute atomic E-state index is 13.0. The van der Waals surface area contributed by atoms with Crippen molar-refractivity contribution >= 4 is 32.7 Å². The van der Waals surface area contributed by atoms with Crippen LogP contribution in [0, 0.1) is 0 Å². The van der Waals surface area contributed by atoms with E-state index in [-0.39, 0.29) is 12.2 Å². The zero-order valence-electron chi connectivity index (χ0n) is 18.7. The predicted molar refractivity (Wildman–Crippen MR) is 130 cm³/mol. The molecule has 2 heterocycles. The summed E-state index contributed by atoms with van der Waals surface area (Å²) in [5, 5.41) is 3.18. The molecule has 5 rings (SSSR count). The first-order valence-corrected chi connectivity index (χ1v) is 11.0. The Morgan fingerprint density at radius 2 is 1.58 bits per heavy atom. The highest BCUT2D eigenvalue weighted by Crippen LogP contribution is 2.35. The molecule has 5 aromatic rings. The second-order valence-corrected chi connectivity index (χ2v) is 8.04. The molecule has 0 fully saturated rings. The van der Waals surface area contributed by atoms with Gasteiger partial charge in [-0.05, 0) is 42.8 Å². The van der Waals surface area contributed by atoms with Gasteiger partial charge < -0.3 is 18.6 Å². The Hall–Kier alpha value is -3.80. The van der Waals surface area contributed by atoms with E-state index >= 15 is 0 Å². The van der Waals surface area contributed by atoms with Crippen LogP contribution >= 0.6 is 0 Å². The lowest BCUT2D eigenvalue weighted by Crippen LogP contribution is -2.20. The lowest BCUT2D eigenvalue weighted by molar-refractivity contribution is 0.390. The maximum atomic E-state index is 13.0. The standard InChI is InChI=1S/C27H25FN2O3/c1-32-19-9-8-18(25(16-19)33-2)17-30-23-11-12-24-27(21(23)10-13-26(30)31)20-6-3-4-7-22(20)29(24)15-5-14-28/h3-4,6-13,16H,5,14-15,17H2,1-2H3. The molecule has 0 radical (unpaired) electrons. The average Bonchev–Trinajstić information content (AvgIpc) is 3.18. The van der Waals surface area contributed by atoms with Crippen molar-refractivity contribution in [2.24, 2.45) is 0 Å². The molecule has 6 heteroatoms. The van der Waals surface area contributed by atoms with Crippen LogP contribution in [0.15, 0.2) is 71.5 Å². The fourth-order valence-corrected chi connectivity index (χ4v) is 4.70. The molecule has 0 aliphatic rings. The van der Waals surface area contributed by atoms with Crippen LogP contribution in [-0.4, -0.2) is 30.0 Å². The van der Waals surface area contributed by atoms with E-state index in [4.69, 9.17) is 9.47 Å². The van der Waals surface area contributed by atoms with Crippen molar-refractivity contribution in [1.82, 2.24) is 9.13 Å². The van der Waals surface area contributed by atoms with Crippen LogP contribution in [0.2, 0.25) is 0 Å². The number of fused-ring (bicyclic) bond motifs is 5. The topological polar surface area (TPSA) is 45.4 Å². The fraction of sp³-hybridized carbons (Fsp3) is 0.222. The molecule has 0 aliphatic heterocycles. The molecule has 0 spiro atoms. The molecule has 3 aromatic carbocycles. The fourth-order valence-electron chi connectivity index (χ4n) is 4.70. The minimum Gasteiger partial charge on any atom is -0.497 e. The molecule has 0 N–H and O–H groups in total. The minimum absolute atomic E-state index is 0.0825. The Balaban J connectivity index is 1.75. The van der Waals surface area contributed by atoms with E-state index in [0.29, 0.717) is 31.0 Å². The molecule has 0 saturated carbocycles. The van der Waals surface area contributed by atoms with Crippen molar-refractivity contribution in [1.29, 1.82) is 0 Å². The molecular formula is C27H25FN2O3. The molecule has 0 unspecified atom stereocenters. The van der Waals surface area contributed by atoms with Gasteiger partial charge in [-0.15, -0.1) is 0 Å². The Morgan fingerprint density at radius 3 is 2.36 bits per heavy atom. The molecule has 0 saturated heterocycles. The summed E-state index contributed by atoms with van der Waals surface area (Å²) in [5.41, 5.74) is 3.77. The normalized spacial score (nSPS) is 11.5. The molecule has 2 aromatic heterocycles. The van der Waals surface area contributed by atoms with Gasteiger partial charge in [0, 0.05) is 51.4 Å². The monoisotopic (exact) mass is 444 g/mol. The first kappa shape index (κ1) is 21.1. The third-order valence-corrected chi connectivity index (χ3v) is 6.24. The Labute approximate surface area is 190 Å². The van der Waals surface area contributed by atoms with Gasteiger partial charge in [0.15, 0.2) is 0 Å². The smallest absolute Gasteiger partial charge is 0.251 e. The average molecular weight is 445 g/mol. The summed E-state index contributed by atoms with van der Waals surface area (Å²) in [6.45, 7) is 0.620. The molecule has 0 bridgehead atoms. The van der Waals surface area contributed by atoms with Gasteiger partial charge in [-0.1, -0.05) is 18.2 Å². The largest absolute Gasteiger partial charge is 0.497 e.